The van der Waals surface area contributed by atoms with E-state index in [4.69, 9.17) is 4.74 Å². The van der Waals surface area contributed by atoms with Crippen molar-refractivity contribution >= 4 is 5.78 Å². The van der Waals surface area contributed by atoms with E-state index in [2.05, 4.69) is 25.7 Å². The number of ketones is 1. The molecule has 0 aliphatic carbocycles. The monoisotopic (exact) mass is 305 g/mol. The summed E-state index contributed by atoms with van der Waals surface area (Å²) in [5.41, 5.74) is 2.88. The molecule has 0 radical (unpaired) electrons. The normalized spacial score (nSPS) is 11.0. The van der Waals surface area contributed by atoms with Gasteiger partial charge in [-0.25, -0.2) is 0 Å². The molecule has 0 saturated carbocycles. The Balaban J connectivity index is 2.86. The Morgan fingerprint density at radius 2 is 1.64 bits per heavy atom. The van der Waals surface area contributed by atoms with Crippen LogP contribution in [0.25, 0.3) is 0 Å². The molecule has 0 unspecified atom stereocenters. The Morgan fingerprint density at radius 3 is 2.18 bits per heavy atom. The lowest BCUT2D eigenvalue weighted by atomic mass is 10.0. The van der Waals surface area contributed by atoms with Gasteiger partial charge in [0.1, 0.15) is 5.75 Å². The molecule has 0 N–H and O–H groups in total. The molecular weight excluding hydrogens is 274 g/mol. The Kier molecular flexibility index (Phi) is 8.18. The van der Waals surface area contributed by atoms with Gasteiger partial charge in [-0.15, -0.1) is 0 Å². The van der Waals surface area contributed by atoms with Gasteiger partial charge in [0.25, 0.3) is 0 Å². The zero-order valence-electron chi connectivity index (χ0n) is 14.9. The van der Waals surface area contributed by atoms with Crippen molar-refractivity contribution in [3.05, 3.63) is 28.8 Å². The van der Waals surface area contributed by atoms with Crippen LogP contribution in [0, 0.1) is 13.8 Å². The van der Waals surface area contributed by atoms with Gasteiger partial charge in [-0.1, -0.05) is 20.8 Å². The van der Waals surface area contributed by atoms with E-state index in [1.165, 1.54) is 0 Å². The number of benzene rings is 1. The molecule has 0 aliphatic heterocycles. The lowest BCUT2D eigenvalue weighted by Gasteiger charge is -2.21. The van der Waals surface area contributed by atoms with Crippen LogP contribution in [-0.2, 0) is 0 Å². The van der Waals surface area contributed by atoms with Gasteiger partial charge in [-0.3, -0.25) is 9.69 Å². The van der Waals surface area contributed by atoms with Crippen LogP contribution in [-0.4, -0.2) is 36.9 Å². The smallest absolute Gasteiger partial charge is 0.177 e. The average Bonchev–Trinajstić information content (AvgIpc) is 2.48. The number of nitrogens with zero attached hydrogens (tertiary/aromatic N) is 1. The summed E-state index contributed by atoms with van der Waals surface area (Å²) in [7, 11) is 0. The largest absolute Gasteiger partial charge is 0.493 e. The Hall–Kier alpha value is -1.35. The van der Waals surface area contributed by atoms with Crippen LogP contribution in [0.5, 0.6) is 5.75 Å². The summed E-state index contributed by atoms with van der Waals surface area (Å²) in [5.74, 6) is 1.11. The predicted molar refractivity (Wildman–Crippen MR) is 93.1 cm³/mol. The minimum absolute atomic E-state index is 0.213. The molecule has 124 valence electrons. The van der Waals surface area contributed by atoms with E-state index in [0.29, 0.717) is 13.2 Å². The number of ether oxygens (including phenoxy) is 1. The van der Waals surface area contributed by atoms with Crippen LogP contribution in [0.15, 0.2) is 12.1 Å². The lowest BCUT2D eigenvalue weighted by Crippen LogP contribution is -2.31. The van der Waals surface area contributed by atoms with E-state index in [1.54, 1.807) is 0 Å². The number of Topliss-reactive ketones (excluding diaryl/α,β-unsaturated/α-hetero) is 1. The Labute approximate surface area is 135 Å². The third-order valence-electron chi connectivity index (χ3n) is 3.73. The first-order chi connectivity index (χ1) is 10.5. The molecule has 3 heteroatoms. The summed E-state index contributed by atoms with van der Waals surface area (Å²) in [6, 6.07) is 3.99. The van der Waals surface area contributed by atoms with Gasteiger partial charge >= 0.3 is 0 Å². The first kappa shape index (κ1) is 18.7. The second-order valence-corrected chi connectivity index (χ2v) is 5.98. The maximum absolute atomic E-state index is 12.6. The minimum atomic E-state index is 0.213. The van der Waals surface area contributed by atoms with Crippen LogP contribution in [0.4, 0.5) is 0 Å². The number of hydrogen-bond donors (Lipinski definition) is 0. The van der Waals surface area contributed by atoms with Crippen LogP contribution in [0.1, 0.15) is 61.5 Å². The molecule has 1 rings (SSSR count). The van der Waals surface area contributed by atoms with Crippen molar-refractivity contribution in [3.8, 4) is 5.75 Å². The second-order valence-electron chi connectivity index (χ2n) is 5.98. The van der Waals surface area contributed by atoms with E-state index < -0.39 is 0 Å². The highest BCUT2D eigenvalue weighted by atomic mass is 16.5. The Morgan fingerprint density at radius 1 is 1.00 bits per heavy atom. The van der Waals surface area contributed by atoms with Gasteiger partial charge < -0.3 is 4.74 Å². The topological polar surface area (TPSA) is 29.5 Å². The van der Waals surface area contributed by atoms with E-state index in [9.17, 15) is 4.79 Å². The molecule has 0 spiro atoms. The quantitative estimate of drug-likeness (QED) is 0.600. The standard InChI is InChI=1S/C19H31NO2/c1-6-9-20(10-7-2)14-18(21)17-12-16(5)19(13-15(17)4)22-11-8-3/h12-13H,6-11,14H2,1-5H3. The number of carbonyl (C=O) groups is 1. The van der Waals surface area contributed by atoms with Crippen LogP contribution >= 0.6 is 0 Å². The van der Waals surface area contributed by atoms with Crippen LogP contribution < -0.4 is 4.74 Å². The molecule has 0 aliphatic rings. The van der Waals surface area contributed by atoms with Crippen molar-refractivity contribution in [3.63, 3.8) is 0 Å². The van der Waals surface area contributed by atoms with Gasteiger partial charge in [-0.2, -0.15) is 0 Å². The van der Waals surface area contributed by atoms with E-state index in [1.807, 2.05) is 26.0 Å². The molecule has 0 heterocycles. The highest BCUT2D eigenvalue weighted by Crippen LogP contribution is 2.23. The van der Waals surface area contributed by atoms with Gasteiger partial charge in [0.15, 0.2) is 5.78 Å². The number of rotatable bonds is 10. The summed E-state index contributed by atoms with van der Waals surface area (Å²) < 4.78 is 5.74. The average molecular weight is 305 g/mol. The Bertz CT molecular complexity index is 477. The third-order valence-corrected chi connectivity index (χ3v) is 3.73. The van der Waals surface area contributed by atoms with E-state index in [0.717, 1.165) is 54.8 Å². The van der Waals surface area contributed by atoms with Gasteiger partial charge in [0.2, 0.25) is 0 Å². The summed E-state index contributed by atoms with van der Waals surface area (Å²) >= 11 is 0. The van der Waals surface area contributed by atoms with Crippen molar-refractivity contribution in [2.45, 2.75) is 53.9 Å². The second kappa shape index (κ2) is 9.62. The number of carbonyl (C=O) groups excluding carboxylic acids is 1. The fourth-order valence-electron chi connectivity index (χ4n) is 2.65. The molecule has 0 aromatic heterocycles. The molecule has 3 nitrogen and oxygen atoms in total. The van der Waals surface area contributed by atoms with Gasteiger partial charge in [0, 0.05) is 5.56 Å². The summed E-state index contributed by atoms with van der Waals surface area (Å²) in [6.45, 7) is 13.6. The maximum Gasteiger partial charge on any atom is 0.177 e. The van der Waals surface area contributed by atoms with Crippen molar-refractivity contribution in [1.29, 1.82) is 0 Å². The number of aryl methyl sites for hydroxylation is 2. The summed E-state index contributed by atoms with van der Waals surface area (Å²) in [5, 5.41) is 0. The van der Waals surface area contributed by atoms with Gasteiger partial charge in [0.05, 0.1) is 13.2 Å². The molecule has 0 atom stereocenters. The summed E-state index contributed by atoms with van der Waals surface area (Å²) in [6.07, 6.45) is 3.15. The highest BCUT2D eigenvalue weighted by Gasteiger charge is 2.15. The minimum Gasteiger partial charge on any atom is -0.493 e. The highest BCUT2D eigenvalue weighted by molar-refractivity contribution is 5.99. The van der Waals surface area contributed by atoms with Crippen LogP contribution in [0.3, 0.4) is 0 Å². The van der Waals surface area contributed by atoms with Crippen molar-refractivity contribution in [1.82, 2.24) is 4.90 Å². The zero-order valence-corrected chi connectivity index (χ0v) is 14.9. The SMILES string of the molecule is CCCOc1cc(C)c(C(=O)CN(CCC)CCC)cc1C. The molecule has 0 bridgehead atoms. The first-order valence-electron chi connectivity index (χ1n) is 8.53. The molecule has 1 aromatic rings. The van der Waals surface area contributed by atoms with Crippen molar-refractivity contribution < 1.29 is 9.53 Å². The fourth-order valence-corrected chi connectivity index (χ4v) is 2.65. The maximum atomic E-state index is 12.6. The molecule has 1 aromatic carbocycles. The first-order valence-corrected chi connectivity index (χ1v) is 8.53. The van der Waals surface area contributed by atoms with Gasteiger partial charge in [-0.05, 0) is 69.5 Å². The summed E-state index contributed by atoms with van der Waals surface area (Å²) in [4.78, 5) is 14.9. The molecule has 0 amide bonds. The predicted octanol–water partition coefficient (Wildman–Crippen LogP) is 4.40. The lowest BCUT2D eigenvalue weighted by molar-refractivity contribution is 0.0930. The molecule has 0 saturated heterocycles. The van der Waals surface area contributed by atoms with E-state index in [-0.39, 0.29) is 5.78 Å². The fraction of sp³-hybridized carbons (Fsp3) is 0.632. The zero-order chi connectivity index (χ0) is 16.5. The number of hydrogen-bond acceptors (Lipinski definition) is 3. The molecule has 22 heavy (non-hydrogen) atoms. The third kappa shape index (κ3) is 5.45. The van der Waals surface area contributed by atoms with Crippen molar-refractivity contribution in [2.75, 3.05) is 26.2 Å². The van der Waals surface area contributed by atoms with Crippen molar-refractivity contribution in [2.24, 2.45) is 0 Å². The molecule has 0 fully saturated rings. The molecular formula is C19H31NO2. The van der Waals surface area contributed by atoms with E-state index >= 15 is 0 Å². The van der Waals surface area contributed by atoms with Crippen LogP contribution in [0.2, 0.25) is 0 Å².